The van der Waals surface area contributed by atoms with E-state index in [1.807, 2.05) is 4.90 Å². The number of hydrogen-bond donors (Lipinski definition) is 0. The average Bonchev–Trinajstić information content (AvgIpc) is 3.03. The number of benzene rings is 1. The molecule has 1 aliphatic heterocycles. The number of nitrogens with zero attached hydrogens (tertiary/aromatic N) is 5. The van der Waals surface area contributed by atoms with E-state index in [4.69, 9.17) is 0 Å². The summed E-state index contributed by atoms with van der Waals surface area (Å²) in [7, 11) is 0. The zero-order chi connectivity index (χ0) is 18.0. The molecular formula is C17H21N5O3. The van der Waals surface area contributed by atoms with E-state index >= 15 is 0 Å². The maximum atomic E-state index is 12.6. The molecule has 0 unspecified atom stereocenters. The van der Waals surface area contributed by atoms with Gasteiger partial charge in [0.05, 0.1) is 4.92 Å². The summed E-state index contributed by atoms with van der Waals surface area (Å²) in [4.78, 5) is 29.2. The highest BCUT2D eigenvalue weighted by Gasteiger charge is 2.29. The minimum atomic E-state index is -0.455. The van der Waals surface area contributed by atoms with Gasteiger partial charge in [-0.2, -0.15) is 5.10 Å². The van der Waals surface area contributed by atoms with E-state index < -0.39 is 4.92 Å². The summed E-state index contributed by atoms with van der Waals surface area (Å²) in [6.07, 6.45) is 4.68. The summed E-state index contributed by atoms with van der Waals surface area (Å²) in [6.45, 7) is 4.27. The van der Waals surface area contributed by atoms with Crippen LogP contribution in [0.15, 0.2) is 30.6 Å². The number of carbonyl (C=O) groups is 1. The molecule has 1 saturated heterocycles. The number of piperidine rings is 1. The van der Waals surface area contributed by atoms with Gasteiger partial charge >= 0.3 is 0 Å². The molecule has 1 aromatic heterocycles. The Morgan fingerprint density at radius 2 is 2.04 bits per heavy atom. The molecule has 0 aliphatic carbocycles. The van der Waals surface area contributed by atoms with E-state index in [2.05, 4.69) is 23.9 Å². The first-order valence-electron chi connectivity index (χ1n) is 8.41. The molecule has 1 aliphatic rings. The standard InChI is InChI=1S/C17H21N5O3/c1-12-5-3-6-13(2)21(12)16(23)10-20-11-18-17(19-20)14-7-4-8-15(9-14)22(24)25/h4,7-9,11-13H,3,5-6,10H2,1-2H3/t12-,13-/m0/s1. The Labute approximate surface area is 145 Å². The number of amides is 1. The van der Waals surface area contributed by atoms with E-state index in [1.54, 1.807) is 12.1 Å². The fourth-order valence-corrected chi connectivity index (χ4v) is 3.39. The molecule has 25 heavy (non-hydrogen) atoms. The van der Waals surface area contributed by atoms with Crippen molar-refractivity contribution in [3.63, 3.8) is 0 Å². The largest absolute Gasteiger partial charge is 0.336 e. The lowest BCUT2D eigenvalue weighted by Crippen LogP contribution is -2.48. The van der Waals surface area contributed by atoms with Crippen LogP contribution >= 0.6 is 0 Å². The molecule has 0 spiro atoms. The number of rotatable bonds is 4. The molecule has 1 amide bonds. The van der Waals surface area contributed by atoms with Crippen molar-refractivity contribution in [3.05, 3.63) is 40.7 Å². The topological polar surface area (TPSA) is 94.2 Å². The number of hydrogen-bond acceptors (Lipinski definition) is 5. The maximum absolute atomic E-state index is 12.6. The fourth-order valence-electron chi connectivity index (χ4n) is 3.39. The number of non-ortho nitro benzene ring substituents is 1. The van der Waals surface area contributed by atoms with Gasteiger partial charge in [-0.1, -0.05) is 12.1 Å². The van der Waals surface area contributed by atoms with Crippen LogP contribution in [0, 0.1) is 10.1 Å². The first kappa shape index (κ1) is 17.1. The van der Waals surface area contributed by atoms with Crippen LogP contribution < -0.4 is 0 Å². The van der Waals surface area contributed by atoms with Crippen molar-refractivity contribution in [2.24, 2.45) is 0 Å². The molecule has 0 N–H and O–H groups in total. The molecule has 1 fully saturated rings. The number of nitro groups is 1. The smallest absolute Gasteiger partial charge is 0.270 e. The van der Waals surface area contributed by atoms with Crippen LogP contribution in [0.1, 0.15) is 33.1 Å². The van der Waals surface area contributed by atoms with Gasteiger partial charge in [0.15, 0.2) is 5.82 Å². The molecule has 8 heteroatoms. The van der Waals surface area contributed by atoms with Gasteiger partial charge in [0.2, 0.25) is 5.91 Å². The van der Waals surface area contributed by atoms with Crippen molar-refractivity contribution in [3.8, 4) is 11.4 Å². The molecule has 3 rings (SSSR count). The quantitative estimate of drug-likeness (QED) is 0.628. The van der Waals surface area contributed by atoms with E-state index in [0.717, 1.165) is 19.3 Å². The van der Waals surface area contributed by atoms with Gasteiger partial charge in [-0.15, -0.1) is 0 Å². The summed E-state index contributed by atoms with van der Waals surface area (Å²) >= 11 is 0. The van der Waals surface area contributed by atoms with Crippen LogP contribution in [0.3, 0.4) is 0 Å². The molecule has 2 heterocycles. The zero-order valence-corrected chi connectivity index (χ0v) is 14.3. The van der Waals surface area contributed by atoms with E-state index in [9.17, 15) is 14.9 Å². The van der Waals surface area contributed by atoms with Crippen molar-refractivity contribution in [1.82, 2.24) is 19.7 Å². The molecule has 8 nitrogen and oxygen atoms in total. The number of likely N-dealkylation sites (tertiary alicyclic amines) is 1. The summed E-state index contributed by atoms with van der Waals surface area (Å²) < 4.78 is 1.49. The summed E-state index contributed by atoms with van der Waals surface area (Å²) in [5, 5.41) is 15.2. The Hall–Kier alpha value is -2.77. The fraction of sp³-hybridized carbons (Fsp3) is 0.471. The second-order valence-corrected chi connectivity index (χ2v) is 6.50. The minimum absolute atomic E-state index is 0.0131. The molecule has 2 aromatic rings. The van der Waals surface area contributed by atoms with Crippen LogP contribution in [-0.2, 0) is 11.3 Å². The molecule has 0 saturated carbocycles. The van der Waals surface area contributed by atoms with Gasteiger partial charge in [-0.05, 0) is 33.1 Å². The van der Waals surface area contributed by atoms with Crippen LogP contribution in [-0.4, -0.2) is 42.6 Å². The van der Waals surface area contributed by atoms with E-state index in [1.165, 1.54) is 23.1 Å². The normalized spacial score (nSPS) is 20.5. The highest BCUT2D eigenvalue weighted by Crippen LogP contribution is 2.23. The molecular weight excluding hydrogens is 322 g/mol. The highest BCUT2D eigenvalue weighted by molar-refractivity contribution is 5.76. The SMILES string of the molecule is C[C@H]1CCC[C@H](C)N1C(=O)Cn1cnc(-c2cccc([N+](=O)[O-])c2)n1. The Kier molecular flexibility index (Phi) is 4.78. The summed E-state index contributed by atoms with van der Waals surface area (Å²) in [5.41, 5.74) is 0.543. The van der Waals surface area contributed by atoms with Crippen LogP contribution in [0.25, 0.3) is 11.4 Å². The second kappa shape index (κ2) is 7.00. The van der Waals surface area contributed by atoms with Gasteiger partial charge < -0.3 is 4.90 Å². The van der Waals surface area contributed by atoms with E-state index in [-0.39, 0.29) is 30.2 Å². The van der Waals surface area contributed by atoms with Crippen molar-refractivity contribution in [1.29, 1.82) is 0 Å². The lowest BCUT2D eigenvalue weighted by atomic mass is 9.97. The number of nitro benzene ring substituents is 1. The predicted molar refractivity (Wildman–Crippen MR) is 91.7 cm³/mol. The van der Waals surface area contributed by atoms with Gasteiger partial charge in [0.1, 0.15) is 12.9 Å². The predicted octanol–water partition coefficient (Wildman–Crippen LogP) is 2.64. The number of carbonyl (C=O) groups excluding carboxylic acids is 1. The van der Waals surface area contributed by atoms with Crippen molar-refractivity contribution in [2.45, 2.75) is 51.7 Å². The Balaban J connectivity index is 1.74. The zero-order valence-electron chi connectivity index (χ0n) is 14.3. The highest BCUT2D eigenvalue weighted by atomic mass is 16.6. The van der Waals surface area contributed by atoms with Gasteiger partial charge in [0, 0.05) is 29.8 Å². The minimum Gasteiger partial charge on any atom is -0.336 e. The third-order valence-electron chi connectivity index (χ3n) is 4.63. The Morgan fingerprint density at radius 1 is 1.32 bits per heavy atom. The Morgan fingerprint density at radius 3 is 2.72 bits per heavy atom. The van der Waals surface area contributed by atoms with Gasteiger partial charge in [0.25, 0.3) is 5.69 Å². The van der Waals surface area contributed by atoms with Crippen LogP contribution in [0.2, 0.25) is 0 Å². The summed E-state index contributed by atoms with van der Waals surface area (Å²) in [5.74, 6) is 0.395. The first-order valence-corrected chi connectivity index (χ1v) is 8.41. The van der Waals surface area contributed by atoms with Crippen LogP contribution in [0.5, 0.6) is 0 Å². The van der Waals surface area contributed by atoms with E-state index in [0.29, 0.717) is 11.4 Å². The summed E-state index contributed by atoms with van der Waals surface area (Å²) in [6, 6.07) is 6.62. The average molecular weight is 343 g/mol. The van der Waals surface area contributed by atoms with Crippen LogP contribution in [0.4, 0.5) is 5.69 Å². The lowest BCUT2D eigenvalue weighted by Gasteiger charge is -2.39. The van der Waals surface area contributed by atoms with Crippen molar-refractivity contribution in [2.75, 3.05) is 0 Å². The lowest BCUT2D eigenvalue weighted by molar-refractivity contribution is -0.384. The molecule has 0 radical (unpaired) electrons. The Bertz CT molecular complexity index is 778. The van der Waals surface area contributed by atoms with Crippen molar-refractivity contribution >= 4 is 11.6 Å². The van der Waals surface area contributed by atoms with Gasteiger partial charge in [-0.25, -0.2) is 9.67 Å². The third kappa shape index (κ3) is 3.67. The molecule has 2 atom stereocenters. The van der Waals surface area contributed by atoms with Gasteiger partial charge in [-0.3, -0.25) is 14.9 Å². The number of aromatic nitrogens is 3. The third-order valence-corrected chi connectivity index (χ3v) is 4.63. The molecule has 132 valence electrons. The monoisotopic (exact) mass is 343 g/mol. The molecule has 1 aromatic carbocycles. The first-order chi connectivity index (χ1) is 12.0. The van der Waals surface area contributed by atoms with Crippen molar-refractivity contribution < 1.29 is 9.72 Å². The maximum Gasteiger partial charge on any atom is 0.270 e. The second-order valence-electron chi connectivity index (χ2n) is 6.50. The molecule has 0 bridgehead atoms.